The summed E-state index contributed by atoms with van der Waals surface area (Å²) in [5.74, 6) is -0.0984. The van der Waals surface area contributed by atoms with Crippen LogP contribution in [-0.2, 0) is 10.9 Å². The van der Waals surface area contributed by atoms with Crippen molar-refractivity contribution >= 4 is 6.09 Å². The highest BCUT2D eigenvalue weighted by Gasteiger charge is 2.31. The number of benzene rings is 1. The molecule has 1 aliphatic heterocycles. The van der Waals surface area contributed by atoms with Gasteiger partial charge in [0.05, 0.1) is 11.6 Å². The van der Waals surface area contributed by atoms with Gasteiger partial charge in [-0.15, -0.1) is 0 Å². The Bertz CT molecular complexity index is 442. The number of hydrogen-bond donors (Lipinski definition) is 1. The minimum absolute atomic E-state index is 0.0984. The number of alkyl halides is 3. The SMILES string of the molecule is CC(c1ccc(C(F)(F)F)cc1)C1COC(=O)N1. The Morgan fingerprint density at radius 3 is 2.39 bits per heavy atom. The first-order valence-electron chi connectivity index (χ1n) is 5.48. The molecule has 1 aromatic carbocycles. The molecule has 0 aliphatic carbocycles. The highest BCUT2D eigenvalue weighted by atomic mass is 19.4. The van der Waals surface area contributed by atoms with Gasteiger partial charge in [0.2, 0.25) is 0 Å². The van der Waals surface area contributed by atoms with Gasteiger partial charge in [-0.2, -0.15) is 13.2 Å². The van der Waals surface area contributed by atoms with Crippen molar-refractivity contribution in [1.82, 2.24) is 5.32 Å². The molecular weight excluding hydrogens is 247 g/mol. The van der Waals surface area contributed by atoms with E-state index >= 15 is 0 Å². The summed E-state index contributed by atoms with van der Waals surface area (Å²) in [6.45, 7) is 2.07. The molecule has 0 saturated carbocycles. The van der Waals surface area contributed by atoms with E-state index in [1.165, 1.54) is 12.1 Å². The van der Waals surface area contributed by atoms with Crippen molar-refractivity contribution in [3.8, 4) is 0 Å². The van der Waals surface area contributed by atoms with Crippen LogP contribution in [-0.4, -0.2) is 18.7 Å². The second-order valence-electron chi connectivity index (χ2n) is 4.26. The number of ether oxygens (including phenoxy) is 1. The molecule has 1 saturated heterocycles. The molecule has 1 aromatic rings. The maximum Gasteiger partial charge on any atom is 0.416 e. The van der Waals surface area contributed by atoms with Crippen molar-refractivity contribution in [2.45, 2.75) is 25.1 Å². The van der Waals surface area contributed by atoms with Crippen molar-refractivity contribution in [1.29, 1.82) is 0 Å². The Morgan fingerprint density at radius 1 is 1.33 bits per heavy atom. The lowest BCUT2D eigenvalue weighted by Crippen LogP contribution is -2.31. The van der Waals surface area contributed by atoms with Gasteiger partial charge >= 0.3 is 12.3 Å². The molecule has 3 nitrogen and oxygen atoms in total. The third kappa shape index (κ3) is 2.57. The van der Waals surface area contributed by atoms with E-state index < -0.39 is 17.8 Å². The van der Waals surface area contributed by atoms with Crippen molar-refractivity contribution in [2.24, 2.45) is 0 Å². The highest BCUT2D eigenvalue weighted by molar-refractivity contribution is 5.69. The number of hydrogen-bond acceptors (Lipinski definition) is 2. The number of cyclic esters (lactones) is 1. The first kappa shape index (κ1) is 12.7. The molecule has 1 aliphatic rings. The average molecular weight is 259 g/mol. The zero-order chi connectivity index (χ0) is 13.3. The summed E-state index contributed by atoms with van der Waals surface area (Å²) in [6.07, 6.45) is -4.81. The predicted molar refractivity (Wildman–Crippen MR) is 58.1 cm³/mol. The monoisotopic (exact) mass is 259 g/mol. The summed E-state index contributed by atoms with van der Waals surface area (Å²) in [5.41, 5.74) is 0.0592. The lowest BCUT2D eigenvalue weighted by molar-refractivity contribution is -0.137. The van der Waals surface area contributed by atoms with Crippen LogP contribution in [0.2, 0.25) is 0 Å². The average Bonchev–Trinajstić information content (AvgIpc) is 2.74. The fraction of sp³-hybridized carbons (Fsp3) is 0.417. The summed E-state index contributed by atoms with van der Waals surface area (Å²) in [6, 6.07) is 4.75. The van der Waals surface area contributed by atoms with Crippen LogP contribution in [0.25, 0.3) is 0 Å². The van der Waals surface area contributed by atoms with Gasteiger partial charge in [-0.3, -0.25) is 0 Å². The van der Waals surface area contributed by atoms with Crippen LogP contribution in [0.5, 0.6) is 0 Å². The fourth-order valence-electron chi connectivity index (χ4n) is 1.88. The van der Waals surface area contributed by atoms with E-state index in [0.717, 1.165) is 17.7 Å². The molecule has 98 valence electrons. The topological polar surface area (TPSA) is 38.3 Å². The number of amides is 1. The quantitative estimate of drug-likeness (QED) is 0.886. The summed E-state index contributed by atoms with van der Waals surface area (Å²) in [7, 11) is 0. The maximum atomic E-state index is 12.4. The molecule has 1 N–H and O–H groups in total. The van der Waals surface area contributed by atoms with Gasteiger partial charge in [-0.25, -0.2) is 4.79 Å². The van der Waals surface area contributed by atoms with Gasteiger partial charge < -0.3 is 10.1 Å². The third-order valence-corrected chi connectivity index (χ3v) is 3.06. The van der Waals surface area contributed by atoms with E-state index in [2.05, 4.69) is 5.32 Å². The minimum atomic E-state index is -4.33. The van der Waals surface area contributed by atoms with E-state index in [-0.39, 0.29) is 18.6 Å². The van der Waals surface area contributed by atoms with Crippen molar-refractivity contribution in [2.75, 3.05) is 6.61 Å². The van der Waals surface area contributed by atoms with E-state index in [9.17, 15) is 18.0 Å². The van der Waals surface area contributed by atoms with Crippen LogP contribution in [0.1, 0.15) is 24.0 Å². The van der Waals surface area contributed by atoms with E-state index in [1.807, 2.05) is 6.92 Å². The maximum absolute atomic E-state index is 12.4. The van der Waals surface area contributed by atoms with E-state index in [4.69, 9.17) is 4.74 Å². The number of halogens is 3. The van der Waals surface area contributed by atoms with E-state index in [0.29, 0.717) is 0 Å². The molecule has 0 aromatic heterocycles. The fourth-order valence-corrected chi connectivity index (χ4v) is 1.88. The summed E-state index contributed by atoms with van der Waals surface area (Å²) < 4.78 is 41.9. The van der Waals surface area contributed by atoms with Crippen LogP contribution in [0.3, 0.4) is 0 Å². The molecule has 2 rings (SSSR count). The molecule has 18 heavy (non-hydrogen) atoms. The smallest absolute Gasteiger partial charge is 0.416 e. The Labute approximate surface area is 102 Å². The highest BCUT2D eigenvalue weighted by Crippen LogP contribution is 2.31. The Kier molecular flexibility index (Phi) is 3.19. The Hall–Kier alpha value is -1.72. The first-order chi connectivity index (χ1) is 8.38. The molecule has 1 heterocycles. The second-order valence-corrected chi connectivity index (χ2v) is 4.26. The molecule has 0 bridgehead atoms. The number of rotatable bonds is 2. The van der Waals surface area contributed by atoms with Crippen molar-refractivity contribution in [3.05, 3.63) is 35.4 Å². The molecule has 0 spiro atoms. The number of carbonyl (C=O) groups is 1. The molecule has 2 atom stereocenters. The lowest BCUT2D eigenvalue weighted by Gasteiger charge is -2.18. The van der Waals surface area contributed by atoms with Gasteiger partial charge in [0.1, 0.15) is 6.61 Å². The van der Waals surface area contributed by atoms with E-state index in [1.54, 1.807) is 0 Å². The van der Waals surface area contributed by atoms with Gasteiger partial charge in [-0.1, -0.05) is 19.1 Å². The van der Waals surface area contributed by atoms with Crippen molar-refractivity contribution < 1.29 is 22.7 Å². The normalized spacial score (nSPS) is 21.3. The summed E-state index contributed by atoms with van der Waals surface area (Å²) in [5, 5.41) is 2.61. The van der Waals surface area contributed by atoms with Crippen LogP contribution < -0.4 is 5.32 Å². The standard InChI is InChI=1S/C12H12F3NO2/c1-7(10-6-18-11(17)16-10)8-2-4-9(5-3-8)12(13,14)15/h2-5,7,10H,6H2,1H3,(H,16,17). The summed E-state index contributed by atoms with van der Waals surface area (Å²) in [4.78, 5) is 10.9. The van der Waals surface area contributed by atoms with Gasteiger partial charge in [0.15, 0.2) is 0 Å². The first-order valence-corrected chi connectivity index (χ1v) is 5.48. The molecule has 6 heteroatoms. The zero-order valence-corrected chi connectivity index (χ0v) is 9.62. The number of carbonyl (C=O) groups excluding carboxylic acids is 1. The molecule has 1 amide bonds. The van der Waals surface area contributed by atoms with Gasteiger partial charge in [-0.05, 0) is 17.7 Å². The Balaban J connectivity index is 2.12. The molecule has 1 fully saturated rings. The number of alkyl carbamates (subject to hydrolysis) is 1. The third-order valence-electron chi connectivity index (χ3n) is 3.06. The van der Waals surface area contributed by atoms with Crippen LogP contribution >= 0.6 is 0 Å². The second kappa shape index (κ2) is 4.51. The Morgan fingerprint density at radius 2 is 1.94 bits per heavy atom. The summed E-state index contributed by atoms with van der Waals surface area (Å²) >= 11 is 0. The van der Waals surface area contributed by atoms with Crippen LogP contribution in [0.15, 0.2) is 24.3 Å². The van der Waals surface area contributed by atoms with Crippen molar-refractivity contribution in [3.63, 3.8) is 0 Å². The zero-order valence-electron chi connectivity index (χ0n) is 9.62. The molecular formula is C12H12F3NO2. The predicted octanol–water partition coefficient (Wildman–Crippen LogP) is 2.92. The van der Waals surface area contributed by atoms with Gasteiger partial charge in [0, 0.05) is 5.92 Å². The minimum Gasteiger partial charge on any atom is -0.447 e. The van der Waals surface area contributed by atoms with Crippen LogP contribution in [0, 0.1) is 0 Å². The molecule has 0 radical (unpaired) electrons. The van der Waals surface area contributed by atoms with Crippen LogP contribution in [0.4, 0.5) is 18.0 Å². The lowest BCUT2D eigenvalue weighted by atomic mass is 9.93. The largest absolute Gasteiger partial charge is 0.447 e. The molecule has 2 unspecified atom stereocenters. The number of nitrogens with one attached hydrogen (secondary N) is 1. The van der Waals surface area contributed by atoms with Gasteiger partial charge in [0.25, 0.3) is 0 Å².